The van der Waals surface area contributed by atoms with E-state index < -0.39 is 0 Å². The number of phenolic OH excluding ortho intramolecular Hbond substituents is 1. The molecule has 0 aliphatic rings. The molecule has 0 spiro atoms. The molecule has 0 saturated heterocycles. The number of benzene rings is 2. The molecule has 0 heterocycles. The zero-order valence-electron chi connectivity index (χ0n) is 11.9. The minimum absolute atomic E-state index is 0.132. The lowest BCUT2D eigenvalue weighted by Crippen LogP contribution is -1.94. The first-order valence-electron chi connectivity index (χ1n) is 6.37. The maximum Gasteiger partial charge on any atom is 0.185 e. The predicted octanol–water partition coefficient (Wildman–Crippen LogP) is 3.31. The summed E-state index contributed by atoms with van der Waals surface area (Å²) >= 11 is 0. The molecule has 0 aliphatic heterocycles. The van der Waals surface area contributed by atoms with Crippen molar-refractivity contribution in [3.8, 4) is 17.2 Å². The number of phenols is 1. The van der Waals surface area contributed by atoms with E-state index in [0.29, 0.717) is 17.1 Å². The van der Waals surface area contributed by atoms with Gasteiger partial charge in [-0.1, -0.05) is 0 Å². The molecule has 2 aromatic rings. The Hall–Kier alpha value is -2.75. The molecule has 0 unspecified atom stereocenters. The smallest absolute Gasteiger partial charge is 0.185 e. The number of methoxy groups -OCH3 is 2. The summed E-state index contributed by atoms with van der Waals surface area (Å²) in [5.41, 5.74) is 1.29. The van der Waals surface area contributed by atoms with Crippen molar-refractivity contribution in [2.75, 3.05) is 14.2 Å². The van der Waals surface area contributed by atoms with Crippen LogP contribution in [0, 0.1) is 0 Å². The molecule has 0 atom stereocenters. The van der Waals surface area contributed by atoms with Crippen molar-refractivity contribution in [2.24, 2.45) is 0 Å². The molecule has 2 rings (SSSR count). The molecular formula is C17H16O4. The van der Waals surface area contributed by atoms with Gasteiger partial charge in [0.1, 0.15) is 17.2 Å². The number of hydrogen-bond acceptors (Lipinski definition) is 4. The van der Waals surface area contributed by atoms with Gasteiger partial charge in [-0.2, -0.15) is 0 Å². The predicted molar refractivity (Wildman–Crippen MR) is 81.0 cm³/mol. The van der Waals surface area contributed by atoms with Gasteiger partial charge >= 0.3 is 0 Å². The van der Waals surface area contributed by atoms with Crippen molar-refractivity contribution >= 4 is 11.9 Å². The largest absolute Gasteiger partial charge is 0.508 e. The fraction of sp³-hybridized carbons (Fsp3) is 0.118. The molecule has 21 heavy (non-hydrogen) atoms. The first kappa shape index (κ1) is 14.7. The normalized spacial score (nSPS) is 10.6. The molecule has 108 valence electrons. The third kappa shape index (κ3) is 3.63. The second-order valence-corrected chi connectivity index (χ2v) is 4.35. The van der Waals surface area contributed by atoms with E-state index in [1.165, 1.54) is 18.2 Å². The van der Waals surface area contributed by atoms with E-state index in [1.54, 1.807) is 44.6 Å². The van der Waals surface area contributed by atoms with Gasteiger partial charge in [0.05, 0.1) is 14.2 Å². The van der Waals surface area contributed by atoms with Gasteiger partial charge in [-0.25, -0.2) is 0 Å². The summed E-state index contributed by atoms with van der Waals surface area (Å²) < 4.78 is 10.4. The maximum atomic E-state index is 12.0. The van der Waals surface area contributed by atoms with Gasteiger partial charge < -0.3 is 14.6 Å². The van der Waals surface area contributed by atoms with Crippen LogP contribution in [0.2, 0.25) is 0 Å². The average Bonchev–Trinajstić information content (AvgIpc) is 2.53. The highest BCUT2D eigenvalue weighted by Crippen LogP contribution is 2.25. The first-order chi connectivity index (χ1) is 10.1. The average molecular weight is 284 g/mol. The van der Waals surface area contributed by atoms with E-state index >= 15 is 0 Å². The quantitative estimate of drug-likeness (QED) is 0.676. The summed E-state index contributed by atoms with van der Waals surface area (Å²) in [5.74, 6) is 1.30. The molecule has 4 heteroatoms. The Morgan fingerprint density at radius 1 is 1.05 bits per heavy atom. The van der Waals surface area contributed by atoms with Crippen molar-refractivity contribution in [3.63, 3.8) is 0 Å². The van der Waals surface area contributed by atoms with E-state index in [9.17, 15) is 9.90 Å². The number of rotatable bonds is 5. The third-order valence-electron chi connectivity index (χ3n) is 3.01. The molecule has 0 saturated carbocycles. The lowest BCUT2D eigenvalue weighted by molar-refractivity contribution is 0.104. The highest BCUT2D eigenvalue weighted by Gasteiger charge is 2.04. The van der Waals surface area contributed by atoms with Gasteiger partial charge in [-0.15, -0.1) is 0 Å². The Kier molecular flexibility index (Phi) is 4.61. The van der Waals surface area contributed by atoms with Crippen LogP contribution in [0.25, 0.3) is 6.08 Å². The Morgan fingerprint density at radius 2 is 1.76 bits per heavy atom. The topological polar surface area (TPSA) is 55.8 Å². The molecule has 0 aliphatic carbocycles. The highest BCUT2D eigenvalue weighted by atomic mass is 16.5. The lowest BCUT2D eigenvalue weighted by atomic mass is 10.1. The molecule has 0 bridgehead atoms. The second-order valence-electron chi connectivity index (χ2n) is 4.35. The summed E-state index contributed by atoms with van der Waals surface area (Å²) in [7, 11) is 3.15. The van der Waals surface area contributed by atoms with E-state index in [-0.39, 0.29) is 11.5 Å². The number of ketones is 1. The van der Waals surface area contributed by atoms with Crippen LogP contribution in [0.1, 0.15) is 15.9 Å². The Labute approximate surface area is 123 Å². The first-order valence-corrected chi connectivity index (χ1v) is 6.37. The maximum absolute atomic E-state index is 12.0. The monoisotopic (exact) mass is 284 g/mol. The molecule has 4 nitrogen and oxygen atoms in total. The van der Waals surface area contributed by atoms with Crippen LogP contribution in [-0.2, 0) is 0 Å². The van der Waals surface area contributed by atoms with Crippen LogP contribution in [-0.4, -0.2) is 25.1 Å². The standard InChI is InChI=1S/C17H16O4/c1-20-15-9-5-13(17(11-15)21-2)6-10-16(19)12-3-7-14(18)8-4-12/h3-11,18H,1-2H3. The summed E-state index contributed by atoms with van der Waals surface area (Å²) in [6, 6.07) is 11.5. The minimum atomic E-state index is -0.145. The second kappa shape index (κ2) is 6.61. The van der Waals surface area contributed by atoms with Crippen LogP contribution in [0.3, 0.4) is 0 Å². The van der Waals surface area contributed by atoms with Crippen LogP contribution in [0.5, 0.6) is 17.2 Å². The summed E-state index contributed by atoms with van der Waals surface area (Å²) in [5, 5.41) is 9.21. The van der Waals surface area contributed by atoms with E-state index in [4.69, 9.17) is 9.47 Å². The lowest BCUT2D eigenvalue weighted by Gasteiger charge is -2.07. The van der Waals surface area contributed by atoms with E-state index in [1.807, 2.05) is 6.07 Å². The van der Waals surface area contributed by atoms with Crippen molar-refractivity contribution in [1.29, 1.82) is 0 Å². The molecule has 2 aromatic carbocycles. The summed E-state index contributed by atoms with van der Waals surface area (Å²) in [4.78, 5) is 12.0. The zero-order valence-corrected chi connectivity index (χ0v) is 11.9. The number of ether oxygens (including phenoxy) is 2. The van der Waals surface area contributed by atoms with Crippen molar-refractivity contribution in [2.45, 2.75) is 0 Å². The Bertz CT molecular complexity index is 657. The molecule has 0 radical (unpaired) electrons. The highest BCUT2D eigenvalue weighted by molar-refractivity contribution is 6.07. The van der Waals surface area contributed by atoms with Gasteiger partial charge in [0, 0.05) is 17.2 Å². The fourth-order valence-corrected chi connectivity index (χ4v) is 1.84. The zero-order chi connectivity index (χ0) is 15.2. The van der Waals surface area contributed by atoms with Gasteiger partial charge in [-0.3, -0.25) is 4.79 Å². The summed E-state index contributed by atoms with van der Waals surface area (Å²) in [6.45, 7) is 0. The number of carbonyl (C=O) groups excluding carboxylic acids is 1. The molecule has 0 aromatic heterocycles. The van der Waals surface area contributed by atoms with E-state index in [2.05, 4.69) is 0 Å². The molecular weight excluding hydrogens is 268 g/mol. The number of hydrogen-bond donors (Lipinski definition) is 1. The van der Waals surface area contributed by atoms with Crippen LogP contribution in [0.15, 0.2) is 48.5 Å². The number of carbonyl (C=O) groups is 1. The van der Waals surface area contributed by atoms with Gasteiger partial charge in [-0.05, 0) is 48.6 Å². The molecule has 0 fully saturated rings. The Morgan fingerprint density at radius 3 is 2.38 bits per heavy atom. The van der Waals surface area contributed by atoms with Crippen molar-refractivity contribution in [1.82, 2.24) is 0 Å². The van der Waals surface area contributed by atoms with Crippen LogP contribution < -0.4 is 9.47 Å². The van der Waals surface area contributed by atoms with Gasteiger partial charge in [0.25, 0.3) is 0 Å². The van der Waals surface area contributed by atoms with Gasteiger partial charge in [0.15, 0.2) is 5.78 Å². The molecule has 0 amide bonds. The summed E-state index contributed by atoms with van der Waals surface area (Å²) in [6.07, 6.45) is 3.16. The van der Waals surface area contributed by atoms with Crippen LogP contribution in [0.4, 0.5) is 0 Å². The third-order valence-corrected chi connectivity index (χ3v) is 3.01. The van der Waals surface area contributed by atoms with Crippen molar-refractivity contribution < 1.29 is 19.4 Å². The number of allylic oxidation sites excluding steroid dienone is 1. The molecule has 1 N–H and O–H groups in total. The SMILES string of the molecule is COc1ccc(C=CC(=O)c2ccc(O)cc2)c(OC)c1. The number of aromatic hydroxyl groups is 1. The van der Waals surface area contributed by atoms with Gasteiger partial charge in [0.2, 0.25) is 0 Å². The van der Waals surface area contributed by atoms with Crippen molar-refractivity contribution in [3.05, 3.63) is 59.7 Å². The van der Waals surface area contributed by atoms with Crippen LogP contribution >= 0.6 is 0 Å². The fourth-order valence-electron chi connectivity index (χ4n) is 1.84. The Balaban J connectivity index is 2.20. The minimum Gasteiger partial charge on any atom is -0.508 e. The van der Waals surface area contributed by atoms with E-state index in [0.717, 1.165) is 5.56 Å².